The molecule has 0 spiro atoms. The highest BCUT2D eigenvalue weighted by Crippen LogP contribution is 2.21. The molecule has 25 heavy (non-hydrogen) atoms. The molecule has 2 aromatic carbocycles. The first-order valence-corrected chi connectivity index (χ1v) is 9.54. The summed E-state index contributed by atoms with van der Waals surface area (Å²) in [5.74, 6) is -0.517. The largest absolute Gasteiger partial charge is 0.271 e. The van der Waals surface area contributed by atoms with E-state index in [0.29, 0.717) is 5.69 Å². The summed E-state index contributed by atoms with van der Waals surface area (Å²) < 4.78 is 25.2. The van der Waals surface area contributed by atoms with Gasteiger partial charge in [-0.2, -0.15) is 5.10 Å². The monoisotopic (exact) mass is 359 g/mol. The van der Waals surface area contributed by atoms with E-state index in [1.807, 2.05) is 37.3 Å². The molecular formula is C18H21N3O3S. The SMILES string of the molecule is Cc1ccc(/C=N\NC(=O)CN(c2ccccc2C)S(C)(=O)=O)cc1. The van der Waals surface area contributed by atoms with Crippen LogP contribution in [0.15, 0.2) is 53.6 Å². The lowest BCUT2D eigenvalue weighted by molar-refractivity contribution is -0.119. The van der Waals surface area contributed by atoms with Gasteiger partial charge in [0.15, 0.2) is 0 Å². The van der Waals surface area contributed by atoms with Crippen molar-refractivity contribution >= 4 is 27.8 Å². The minimum atomic E-state index is -3.60. The van der Waals surface area contributed by atoms with Gasteiger partial charge >= 0.3 is 0 Å². The van der Waals surface area contributed by atoms with Gasteiger partial charge in [-0.05, 0) is 31.0 Å². The lowest BCUT2D eigenvalue weighted by atomic mass is 10.2. The Kier molecular flexibility index (Phi) is 5.93. The van der Waals surface area contributed by atoms with E-state index in [2.05, 4.69) is 10.5 Å². The molecule has 0 fully saturated rings. The first-order valence-electron chi connectivity index (χ1n) is 7.69. The van der Waals surface area contributed by atoms with E-state index in [-0.39, 0.29) is 6.54 Å². The molecule has 1 N–H and O–H groups in total. The molecule has 6 nitrogen and oxygen atoms in total. The van der Waals surface area contributed by atoms with Gasteiger partial charge in [0.1, 0.15) is 6.54 Å². The fraction of sp³-hybridized carbons (Fsp3) is 0.222. The van der Waals surface area contributed by atoms with Crippen LogP contribution < -0.4 is 9.73 Å². The Labute approximate surface area is 148 Å². The van der Waals surface area contributed by atoms with Gasteiger partial charge in [0, 0.05) is 0 Å². The van der Waals surface area contributed by atoms with Crippen LogP contribution in [0.25, 0.3) is 0 Å². The third-order valence-corrected chi connectivity index (χ3v) is 4.68. The first-order chi connectivity index (χ1) is 11.8. The standard InChI is InChI=1S/C18H21N3O3S/c1-14-8-10-16(11-9-14)12-19-20-18(22)13-21(25(3,23)24)17-7-5-4-6-15(17)2/h4-12H,13H2,1-3H3,(H,20,22)/b19-12-. The summed E-state index contributed by atoms with van der Waals surface area (Å²) >= 11 is 0. The Hall–Kier alpha value is -2.67. The maximum Gasteiger partial charge on any atom is 0.260 e. The number of amides is 1. The van der Waals surface area contributed by atoms with Crippen molar-refractivity contribution in [3.8, 4) is 0 Å². The van der Waals surface area contributed by atoms with Crippen molar-refractivity contribution in [2.24, 2.45) is 5.10 Å². The smallest absolute Gasteiger partial charge is 0.260 e. The molecule has 0 saturated heterocycles. The summed E-state index contributed by atoms with van der Waals surface area (Å²) in [6.07, 6.45) is 2.58. The van der Waals surface area contributed by atoms with E-state index in [1.165, 1.54) is 6.21 Å². The topological polar surface area (TPSA) is 78.8 Å². The second-order valence-corrected chi connectivity index (χ2v) is 7.67. The number of para-hydroxylation sites is 1. The van der Waals surface area contributed by atoms with Crippen LogP contribution in [0, 0.1) is 13.8 Å². The third-order valence-electron chi connectivity index (χ3n) is 3.55. The van der Waals surface area contributed by atoms with Gasteiger partial charge in [-0.25, -0.2) is 13.8 Å². The van der Waals surface area contributed by atoms with Crippen LogP contribution in [-0.2, 0) is 14.8 Å². The first kappa shape index (κ1) is 18.7. The Balaban J connectivity index is 2.08. The zero-order valence-electron chi connectivity index (χ0n) is 14.4. The highest BCUT2D eigenvalue weighted by atomic mass is 32.2. The Morgan fingerprint density at radius 1 is 1.12 bits per heavy atom. The van der Waals surface area contributed by atoms with Crippen molar-refractivity contribution in [1.82, 2.24) is 5.43 Å². The third kappa shape index (κ3) is 5.42. The molecule has 1 amide bonds. The van der Waals surface area contributed by atoms with Gasteiger partial charge in [-0.15, -0.1) is 0 Å². The number of hydrogen-bond donors (Lipinski definition) is 1. The maximum absolute atomic E-state index is 12.1. The zero-order chi connectivity index (χ0) is 18.4. The number of rotatable bonds is 6. The van der Waals surface area contributed by atoms with Gasteiger partial charge in [0.25, 0.3) is 5.91 Å². The molecule has 0 aliphatic rings. The number of carbonyl (C=O) groups excluding carboxylic acids is 1. The molecule has 132 valence electrons. The van der Waals surface area contributed by atoms with Gasteiger partial charge < -0.3 is 0 Å². The van der Waals surface area contributed by atoms with Crippen LogP contribution >= 0.6 is 0 Å². The second kappa shape index (κ2) is 7.94. The zero-order valence-corrected chi connectivity index (χ0v) is 15.2. The molecule has 7 heteroatoms. The van der Waals surface area contributed by atoms with Gasteiger partial charge in [0.05, 0.1) is 18.2 Å². The summed E-state index contributed by atoms with van der Waals surface area (Å²) in [7, 11) is -3.60. The molecule has 2 aromatic rings. The second-order valence-electron chi connectivity index (χ2n) is 5.76. The Bertz CT molecular complexity index is 875. The van der Waals surface area contributed by atoms with E-state index in [4.69, 9.17) is 0 Å². The molecule has 0 aromatic heterocycles. The summed E-state index contributed by atoms with van der Waals surface area (Å²) in [4.78, 5) is 12.1. The summed E-state index contributed by atoms with van der Waals surface area (Å²) in [6.45, 7) is 3.43. The van der Waals surface area contributed by atoms with Crippen molar-refractivity contribution < 1.29 is 13.2 Å². The van der Waals surface area contributed by atoms with E-state index in [1.54, 1.807) is 25.1 Å². The molecule has 0 aliphatic heterocycles. The van der Waals surface area contributed by atoms with Crippen LogP contribution in [0.3, 0.4) is 0 Å². The predicted molar refractivity (Wildman–Crippen MR) is 100 cm³/mol. The molecule has 0 atom stereocenters. The average molecular weight is 359 g/mol. The van der Waals surface area contributed by atoms with Gasteiger partial charge in [-0.3, -0.25) is 9.10 Å². The van der Waals surface area contributed by atoms with Crippen LogP contribution in [0.1, 0.15) is 16.7 Å². The van der Waals surface area contributed by atoms with Crippen LogP contribution in [-0.4, -0.2) is 33.3 Å². The number of nitrogens with zero attached hydrogens (tertiary/aromatic N) is 2. The predicted octanol–water partition coefficient (Wildman–Crippen LogP) is 2.22. The van der Waals surface area contributed by atoms with E-state index >= 15 is 0 Å². The van der Waals surface area contributed by atoms with Crippen molar-refractivity contribution in [1.29, 1.82) is 0 Å². The van der Waals surface area contributed by atoms with Gasteiger partial charge in [-0.1, -0.05) is 48.0 Å². The number of hydrogen-bond acceptors (Lipinski definition) is 4. The van der Waals surface area contributed by atoms with Crippen molar-refractivity contribution in [2.45, 2.75) is 13.8 Å². The molecule has 0 unspecified atom stereocenters. The fourth-order valence-electron chi connectivity index (χ4n) is 2.22. The van der Waals surface area contributed by atoms with Gasteiger partial charge in [0.2, 0.25) is 10.0 Å². The minimum absolute atomic E-state index is 0.338. The molecule has 0 saturated carbocycles. The number of carbonyl (C=O) groups is 1. The number of benzene rings is 2. The molecule has 0 bridgehead atoms. The Morgan fingerprint density at radius 2 is 1.76 bits per heavy atom. The molecule has 0 radical (unpaired) electrons. The fourth-order valence-corrected chi connectivity index (χ4v) is 3.14. The summed E-state index contributed by atoms with van der Waals surface area (Å²) in [5.41, 5.74) is 5.57. The molecule has 0 heterocycles. The normalized spacial score (nSPS) is 11.5. The molecule has 2 rings (SSSR count). The highest BCUT2D eigenvalue weighted by molar-refractivity contribution is 7.92. The van der Waals surface area contributed by atoms with Crippen molar-refractivity contribution in [3.63, 3.8) is 0 Å². The van der Waals surface area contributed by atoms with Crippen molar-refractivity contribution in [2.75, 3.05) is 17.1 Å². The highest BCUT2D eigenvalue weighted by Gasteiger charge is 2.21. The number of hydrazone groups is 1. The Morgan fingerprint density at radius 3 is 2.36 bits per heavy atom. The number of nitrogens with one attached hydrogen (secondary N) is 1. The number of aryl methyl sites for hydroxylation is 2. The summed E-state index contributed by atoms with van der Waals surface area (Å²) in [6, 6.07) is 14.6. The van der Waals surface area contributed by atoms with Crippen LogP contribution in [0.2, 0.25) is 0 Å². The van der Waals surface area contributed by atoms with E-state index < -0.39 is 15.9 Å². The van der Waals surface area contributed by atoms with E-state index in [0.717, 1.165) is 27.3 Å². The van der Waals surface area contributed by atoms with Crippen molar-refractivity contribution in [3.05, 3.63) is 65.2 Å². The maximum atomic E-state index is 12.1. The average Bonchev–Trinajstić information content (AvgIpc) is 2.54. The van der Waals surface area contributed by atoms with E-state index in [9.17, 15) is 13.2 Å². The van der Waals surface area contributed by atoms with Crippen LogP contribution in [0.5, 0.6) is 0 Å². The lowest BCUT2D eigenvalue weighted by Crippen LogP contribution is -2.39. The lowest BCUT2D eigenvalue weighted by Gasteiger charge is -2.23. The van der Waals surface area contributed by atoms with Crippen LogP contribution in [0.4, 0.5) is 5.69 Å². The molecular weight excluding hydrogens is 338 g/mol. The number of anilines is 1. The minimum Gasteiger partial charge on any atom is -0.271 e. The summed E-state index contributed by atoms with van der Waals surface area (Å²) in [5, 5.41) is 3.88. The quantitative estimate of drug-likeness (QED) is 0.634. The molecule has 0 aliphatic carbocycles. The number of sulfonamides is 1.